The minimum absolute atomic E-state index is 0.0164. The summed E-state index contributed by atoms with van der Waals surface area (Å²) >= 11 is 0. The molecule has 168 valence electrons. The van der Waals surface area contributed by atoms with Crippen LogP contribution in [-0.4, -0.2) is 28.7 Å². The molecule has 0 fully saturated rings. The molecule has 0 radical (unpaired) electrons. The number of fused-ring (bicyclic) bond motifs is 2. The highest BCUT2D eigenvalue weighted by Gasteiger charge is 2.41. The van der Waals surface area contributed by atoms with Gasteiger partial charge in [-0.05, 0) is 43.3 Å². The van der Waals surface area contributed by atoms with E-state index in [4.69, 9.17) is 13.9 Å². The van der Waals surface area contributed by atoms with Crippen molar-refractivity contribution in [3.05, 3.63) is 100 Å². The minimum Gasteiger partial charge on any atom is -0.460 e. The van der Waals surface area contributed by atoms with Crippen molar-refractivity contribution in [2.24, 2.45) is 0 Å². The van der Waals surface area contributed by atoms with E-state index in [9.17, 15) is 19.2 Å². The zero-order valence-electron chi connectivity index (χ0n) is 17.9. The molecule has 34 heavy (non-hydrogen) atoms. The topological polar surface area (TPSA) is 103 Å². The van der Waals surface area contributed by atoms with Crippen molar-refractivity contribution in [1.82, 2.24) is 4.90 Å². The van der Waals surface area contributed by atoms with Crippen LogP contribution in [0, 0.1) is 0 Å². The summed E-state index contributed by atoms with van der Waals surface area (Å²) in [6.45, 7) is 1.42. The second-order valence-corrected chi connectivity index (χ2v) is 7.63. The summed E-state index contributed by atoms with van der Waals surface area (Å²) in [5, 5.41) is 0.238. The van der Waals surface area contributed by atoms with E-state index in [0.717, 1.165) is 4.90 Å². The molecule has 3 aromatic carbocycles. The van der Waals surface area contributed by atoms with Crippen LogP contribution in [-0.2, 0) is 4.79 Å². The lowest BCUT2D eigenvalue weighted by Crippen LogP contribution is -2.44. The highest BCUT2D eigenvalue weighted by molar-refractivity contribution is 6.22. The molecule has 2 heterocycles. The van der Waals surface area contributed by atoms with Crippen molar-refractivity contribution in [2.75, 3.05) is 0 Å². The number of nitrogens with zero attached hydrogens (tertiary/aromatic N) is 1. The van der Waals surface area contributed by atoms with E-state index in [2.05, 4.69) is 0 Å². The summed E-state index contributed by atoms with van der Waals surface area (Å²) in [7, 11) is 0. The van der Waals surface area contributed by atoms with Crippen LogP contribution in [0.25, 0.3) is 11.0 Å². The number of para-hydroxylation sites is 1. The number of esters is 1. The maximum Gasteiger partial charge on any atom is 0.334 e. The van der Waals surface area contributed by atoms with Crippen molar-refractivity contribution in [3.8, 4) is 17.2 Å². The highest BCUT2D eigenvalue weighted by atomic mass is 16.5. The molecule has 0 aliphatic carbocycles. The molecule has 5 rings (SSSR count). The lowest BCUT2D eigenvalue weighted by Gasteiger charge is -2.20. The lowest BCUT2D eigenvalue weighted by atomic mass is 10.1. The van der Waals surface area contributed by atoms with Crippen molar-refractivity contribution in [3.63, 3.8) is 0 Å². The molecule has 1 aliphatic rings. The summed E-state index contributed by atoms with van der Waals surface area (Å²) in [5.74, 6) is -1.31. The number of carbonyl (C=O) groups excluding carboxylic acids is 3. The smallest absolute Gasteiger partial charge is 0.334 e. The Morgan fingerprint density at radius 1 is 0.853 bits per heavy atom. The van der Waals surface area contributed by atoms with Gasteiger partial charge in [0.15, 0.2) is 0 Å². The molecule has 2 amide bonds. The van der Waals surface area contributed by atoms with E-state index in [1.54, 1.807) is 36.4 Å². The third kappa shape index (κ3) is 3.61. The predicted octanol–water partition coefficient (Wildman–Crippen LogP) is 4.18. The standard InChI is InChI=1S/C26H17NO7/c1-15(27-24(29)18-9-5-6-10-19(18)25(27)30)26(31)34-17-11-12-20-21(13-17)32-14-22(23(20)28)33-16-7-3-2-4-8-16/h2-15H,1H3. The maximum atomic E-state index is 12.8. The molecular formula is C26H17NO7. The average molecular weight is 455 g/mol. The van der Waals surface area contributed by atoms with Crippen molar-refractivity contribution < 1.29 is 28.3 Å². The van der Waals surface area contributed by atoms with E-state index in [-0.39, 0.29) is 39.0 Å². The van der Waals surface area contributed by atoms with E-state index in [1.165, 1.54) is 43.5 Å². The van der Waals surface area contributed by atoms with Gasteiger partial charge in [-0.25, -0.2) is 4.79 Å². The number of rotatable bonds is 5. The monoisotopic (exact) mass is 455 g/mol. The van der Waals surface area contributed by atoms with Gasteiger partial charge in [0.1, 0.15) is 29.4 Å². The first-order valence-corrected chi connectivity index (χ1v) is 10.4. The largest absolute Gasteiger partial charge is 0.460 e. The number of hydrogen-bond acceptors (Lipinski definition) is 7. The molecule has 4 aromatic rings. The second-order valence-electron chi connectivity index (χ2n) is 7.63. The zero-order chi connectivity index (χ0) is 23.8. The molecule has 0 spiro atoms. The van der Waals surface area contributed by atoms with Crippen LogP contribution in [0.3, 0.4) is 0 Å². The second kappa shape index (κ2) is 8.32. The van der Waals surface area contributed by atoms with Crippen molar-refractivity contribution in [2.45, 2.75) is 13.0 Å². The normalized spacial score (nSPS) is 13.6. The number of amides is 2. The van der Waals surface area contributed by atoms with Gasteiger partial charge in [0.25, 0.3) is 11.8 Å². The Balaban J connectivity index is 1.35. The fourth-order valence-corrected chi connectivity index (χ4v) is 3.71. The predicted molar refractivity (Wildman–Crippen MR) is 121 cm³/mol. The first kappa shape index (κ1) is 21.1. The molecule has 1 atom stereocenters. The van der Waals surface area contributed by atoms with Crippen molar-refractivity contribution in [1.29, 1.82) is 0 Å². The fraction of sp³-hybridized carbons (Fsp3) is 0.0769. The van der Waals surface area contributed by atoms with Crippen LogP contribution in [0.2, 0.25) is 0 Å². The maximum absolute atomic E-state index is 12.8. The van der Waals surface area contributed by atoms with Gasteiger partial charge in [0.2, 0.25) is 11.2 Å². The summed E-state index contributed by atoms with van der Waals surface area (Å²) in [6, 6.07) is 18.3. The lowest BCUT2D eigenvalue weighted by molar-refractivity contribution is -0.138. The van der Waals surface area contributed by atoms with Crippen LogP contribution in [0.5, 0.6) is 17.2 Å². The molecule has 1 unspecified atom stereocenters. The molecular weight excluding hydrogens is 438 g/mol. The van der Waals surface area contributed by atoms with Crippen molar-refractivity contribution >= 4 is 28.8 Å². The molecule has 0 bridgehead atoms. The highest BCUT2D eigenvalue weighted by Crippen LogP contribution is 2.27. The molecule has 0 saturated heterocycles. The van der Waals surface area contributed by atoms with Crippen LogP contribution in [0.4, 0.5) is 0 Å². The number of carbonyl (C=O) groups is 3. The van der Waals surface area contributed by atoms with Gasteiger partial charge in [-0.2, -0.15) is 0 Å². The van der Waals surface area contributed by atoms with Crippen LogP contribution in [0.1, 0.15) is 27.6 Å². The molecule has 8 heteroatoms. The Labute approximate surface area is 192 Å². The van der Waals surface area contributed by atoms with E-state index in [0.29, 0.717) is 5.75 Å². The summed E-state index contributed by atoms with van der Waals surface area (Å²) in [4.78, 5) is 51.6. The van der Waals surface area contributed by atoms with Gasteiger partial charge in [-0.3, -0.25) is 19.3 Å². The first-order chi connectivity index (χ1) is 16.4. The molecule has 0 N–H and O–H groups in total. The number of hydrogen-bond donors (Lipinski definition) is 0. The minimum atomic E-state index is -1.16. The van der Waals surface area contributed by atoms with Crippen LogP contribution in [0.15, 0.2) is 88.3 Å². The molecule has 8 nitrogen and oxygen atoms in total. The van der Waals surface area contributed by atoms with Crippen LogP contribution < -0.4 is 14.9 Å². The first-order valence-electron chi connectivity index (χ1n) is 10.4. The Kier molecular flexibility index (Phi) is 5.18. The molecule has 0 saturated carbocycles. The van der Waals surface area contributed by atoms with Gasteiger partial charge in [0.05, 0.1) is 16.5 Å². The van der Waals surface area contributed by atoms with E-state index < -0.39 is 23.8 Å². The Bertz CT molecular complexity index is 1470. The Hall–Kier alpha value is -4.72. The van der Waals surface area contributed by atoms with Gasteiger partial charge in [-0.1, -0.05) is 30.3 Å². The van der Waals surface area contributed by atoms with E-state index in [1.807, 2.05) is 6.07 Å². The van der Waals surface area contributed by atoms with Gasteiger partial charge < -0.3 is 13.9 Å². The van der Waals surface area contributed by atoms with Gasteiger partial charge in [-0.15, -0.1) is 0 Å². The van der Waals surface area contributed by atoms with Gasteiger partial charge >= 0.3 is 5.97 Å². The Morgan fingerprint density at radius 2 is 1.50 bits per heavy atom. The number of ether oxygens (including phenoxy) is 2. The average Bonchev–Trinajstić information content (AvgIpc) is 3.11. The Morgan fingerprint density at radius 3 is 2.18 bits per heavy atom. The zero-order valence-corrected chi connectivity index (χ0v) is 17.9. The van der Waals surface area contributed by atoms with Crippen LogP contribution >= 0.6 is 0 Å². The third-order valence-corrected chi connectivity index (χ3v) is 5.46. The summed E-state index contributed by atoms with van der Waals surface area (Å²) in [6.07, 6.45) is 1.19. The molecule has 1 aromatic heterocycles. The third-order valence-electron chi connectivity index (χ3n) is 5.46. The summed E-state index contributed by atoms with van der Waals surface area (Å²) in [5.41, 5.74) is 0.285. The number of benzene rings is 3. The quantitative estimate of drug-likeness (QED) is 0.253. The van der Waals surface area contributed by atoms with Gasteiger partial charge in [0, 0.05) is 6.07 Å². The fourth-order valence-electron chi connectivity index (χ4n) is 3.71. The number of imide groups is 1. The van der Waals surface area contributed by atoms with E-state index >= 15 is 0 Å². The SMILES string of the molecule is CC(C(=O)Oc1ccc2c(=O)c(Oc3ccccc3)coc2c1)N1C(=O)c2ccccc2C1=O. The summed E-state index contributed by atoms with van der Waals surface area (Å²) < 4.78 is 16.5. The molecule has 1 aliphatic heterocycles.